The molecular formula is C6H6BrO4P. The van der Waals surface area contributed by atoms with E-state index in [0.717, 1.165) is 4.47 Å². The Balaban J connectivity index is 2.78. The van der Waals surface area contributed by atoms with Gasteiger partial charge in [0.2, 0.25) is 0 Å². The molecule has 0 heterocycles. The lowest BCUT2D eigenvalue weighted by Crippen LogP contribution is -1.89. The molecule has 0 saturated carbocycles. The summed E-state index contributed by atoms with van der Waals surface area (Å²) in [5.41, 5.74) is 0. The van der Waals surface area contributed by atoms with Gasteiger partial charge in [0.05, 0.1) is 0 Å². The third-order valence-corrected chi connectivity index (χ3v) is 2.02. The van der Waals surface area contributed by atoms with Crippen molar-refractivity contribution in [1.82, 2.24) is 0 Å². The van der Waals surface area contributed by atoms with Gasteiger partial charge in [0.15, 0.2) is 0 Å². The van der Waals surface area contributed by atoms with Crippen molar-refractivity contribution in [1.29, 1.82) is 0 Å². The number of phosphoric ester groups is 1. The van der Waals surface area contributed by atoms with E-state index in [1.807, 2.05) is 0 Å². The second kappa shape index (κ2) is 3.58. The van der Waals surface area contributed by atoms with Crippen LogP contribution in [0.4, 0.5) is 0 Å². The molecule has 0 unspecified atom stereocenters. The minimum absolute atomic E-state index is 0.145. The molecule has 66 valence electrons. The van der Waals surface area contributed by atoms with Gasteiger partial charge in [-0.15, -0.1) is 0 Å². The summed E-state index contributed by atoms with van der Waals surface area (Å²) >= 11 is 3.18. The maximum Gasteiger partial charge on any atom is 0.524 e. The highest BCUT2D eigenvalue weighted by molar-refractivity contribution is 9.10. The van der Waals surface area contributed by atoms with Crippen molar-refractivity contribution in [3.63, 3.8) is 0 Å². The average molecular weight is 253 g/mol. The van der Waals surface area contributed by atoms with E-state index in [9.17, 15) is 4.57 Å². The third kappa shape index (κ3) is 3.36. The molecule has 2 N–H and O–H groups in total. The molecule has 0 amide bonds. The number of hydrogen-bond acceptors (Lipinski definition) is 2. The van der Waals surface area contributed by atoms with Crippen LogP contribution in [0.15, 0.2) is 28.7 Å². The van der Waals surface area contributed by atoms with Gasteiger partial charge in [-0.1, -0.05) is 15.9 Å². The van der Waals surface area contributed by atoms with Crippen LogP contribution < -0.4 is 4.52 Å². The van der Waals surface area contributed by atoms with E-state index in [1.54, 1.807) is 12.1 Å². The highest BCUT2D eigenvalue weighted by Crippen LogP contribution is 2.37. The van der Waals surface area contributed by atoms with Crippen LogP contribution in [0.5, 0.6) is 5.75 Å². The molecule has 0 aliphatic heterocycles. The van der Waals surface area contributed by atoms with E-state index in [1.165, 1.54) is 12.1 Å². The molecule has 0 radical (unpaired) electrons. The second-order valence-electron chi connectivity index (χ2n) is 2.04. The van der Waals surface area contributed by atoms with Crippen molar-refractivity contribution in [2.45, 2.75) is 0 Å². The fourth-order valence-corrected chi connectivity index (χ4v) is 1.29. The first-order valence-corrected chi connectivity index (χ1v) is 5.30. The van der Waals surface area contributed by atoms with Gasteiger partial charge in [0.25, 0.3) is 0 Å². The molecule has 0 saturated heterocycles. The number of hydrogen-bond donors (Lipinski definition) is 2. The van der Waals surface area contributed by atoms with Crippen molar-refractivity contribution < 1.29 is 18.9 Å². The Bertz CT molecular complexity index is 304. The van der Waals surface area contributed by atoms with Gasteiger partial charge < -0.3 is 4.52 Å². The first kappa shape index (κ1) is 9.74. The number of rotatable bonds is 2. The van der Waals surface area contributed by atoms with Gasteiger partial charge >= 0.3 is 7.82 Å². The minimum atomic E-state index is -4.42. The second-order valence-corrected chi connectivity index (χ2v) is 4.12. The molecule has 1 aromatic carbocycles. The molecule has 1 aromatic rings. The van der Waals surface area contributed by atoms with Gasteiger partial charge in [-0.2, -0.15) is 0 Å². The molecule has 0 aromatic heterocycles. The predicted molar refractivity (Wildman–Crippen MR) is 46.8 cm³/mol. The van der Waals surface area contributed by atoms with Crippen molar-refractivity contribution in [2.24, 2.45) is 0 Å². The number of phosphoric acid groups is 1. The van der Waals surface area contributed by atoms with Crippen LogP contribution >= 0.6 is 23.8 Å². The summed E-state index contributed by atoms with van der Waals surface area (Å²) in [5, 5.41) is 0. The van der Waals surface area contributed by atoms with Crippen LogP contribution in [0.25, 0.3) is 0 Å². The van der Waals surface area contributed by atoms with E-state index < -0.39 is 7.82 Å². The Labute approximate surface area is 77.6 Å². The summed E-state index contributed by atoms with van der Waals surface area (Å²) in [7, 11) is -4.42. The third-order valence-electron chi connectivity index (χ3n) is 1.04. The van der Waals surface area contributed by atoms with Crippen molar-refractivity contribution >= 4 is 23.8 Å². The molecule has 12 heavy (non-hydrogen) atoms. The summed E-state index contributed by atoms with van der Waals surface area (Å²) in [6.07, 6.45) is 0. The molecule has 0 aliphatic rings. The maximum absolute atomic E-state index is 10.3. The Morgan fingerprint density at radius 3 is 2.17 bits per heavy atom. The van der Waals surface area contributed by atoms with E-state index in [2.05, 4.69) is 20.5 Å². The molecule has 1 rings (SSSR count). The summed E-state index contributed by atoms with van der Waals surface area (Å²) < 4.78 is 15.5. The summed E-state index contributed by atoms with van der Waals surface area (Å²) in [4.78, 5) is 16.8. The first-order chi connectivity index (χ1) is 5.47. The predicted octanol–water partition coefficient (Wildman–Crippen LogP) is 1.92. The van der Waals surface area contributed by atoms with Crippen molar-refractivity contribution in [3.05, 3.63) is 28.7 Å². The zero-order valence-electron chi connectivity index (χ0n) is 5.85. The van der Waals surface area contributed by atoms with Crippen LogP contribution in [0.1, 0.15) is 0 Å². The quantitative estimate of drug-likeness (QED) is 0.790. The van der Waals surface area contributed by atoms with Crippen LogP contribution in [0.2, 0.25) is 0 Å². The molecule has 0 bridgehead atoms. The molecule has 0 aliphatic carbocycles. The molecular weight excluding hydrogens is 247 g/mol. The summed E-state index contributed by atoms with van der Waals surface area (Å²) in [5.74, 6) is 0.145. The molecule has 4 nitrogen and oxygen atoms in total. The van der Waals surface area contributed by atoms with E-state index >= 15 is 0 Å². The normalized spacial score (nSPS) is 11.2. The van der Waals surface area contributed by atoms with Crippen LogP contribution in [0, 0.1) is 0 Å². The lowest BCUT2D eigenvalue weighted by Gasteiger charge is -2.05. The zero-order valence-corrected chi connectivity index (χ0v) is 8.33. The maximum atomic E-state index is 10.3. The smallest absolute Gasteiger partial charge is 0.404 e. The van der Waals surface area contributed by atoms with Crippen LogP contribution in [0.3, 0.4) is 0 Å². The number of halogens is 1. The van der Waals surface area contributed by atoms with E-state index in [0.29, 0.717) is 0 Å². The fourth-order valence-electron chi connectivity index (χ4n) is 0.633. The lowest BCUT2D eigenvalue weighted by atomic mass is 10.3. The van der Waals surface area contributed by atoms with Gasteiger partial charge in [-0.05, 0) is 24.3 Å². The molecule has 0 spiro atoms. The van der Waals surface area contributed by atoms with Gasteiger partial charge in [-0.25, -0.2) is 4.57 Å². The van der Waals surface area contributed by atoms with Gasteiger partial charge in [0.1, 0.15) is 5.75 Å². The average Bonchev–Trinajstić information content (AvgIpc) is 1.91. The Hall–Kier alpha value is -0.350. The topological polar surface area (TPSA) is 66.8 Å². The number of benzene rings is 1. The Morgan fingerprint density at radius 2 is 1.75 bits per heavy atom. The minimum Gasteiger partial charge on any atom is -0.404 e. The molecule has 0 fully saturated rings. The zero-order chi connectivity index (χ0) is 9.19. The Morgan fingerprint density at radius 1 is 1.25 bits per heavy atom. The van der Waals surface area contributed by atoms with Crippen LogP contribution in [-0.4, -0.2) is 9.79 Å². The SMILES string of the molecule is O=P(O)(O)Oc1ccc(Br)cc1. The van der Waals surface area contributed by atoms with E-state index in [-0.39, 0.29) is 5.75 Å². The molecule has 0 atom stereocenters. The van der Waals surface area contributed by atoms with E-state index in [4.69, 9.17) is 9.79 Å². The van der Waals surface area contributed by atoms with Gasteiger partial charge in [-0.3, -0.25) is 9.79 Å². The largest absolute Gasteiger partial charge is 0.524 e. The van der Waals surface area contributed by atoms with Crippen molar-refractivity contribution in [2.75, 3.05) is 0 Å². The molecule has 6 heteroatoms. The van der Waals surface area contributed by atoms with Gasteiger partial charge in [0, 0.05) is 4.47 Å². The summed E-state index contributed by atoms with van der Waals surface area (Å²) in [6, 6.07) is 6.18. The first-order valence-electron chi connectivity index (χ1n) is 2.98. The highest BCUT2D eigenvalue weighted by Gasteiger charge is 2.14. The highest BCUT2D eigenvalue weighted by atomic mass is 79.9. The fraction of sp³-hybridized carbons (Fsp3) is 0. The standard InChI is InChI=1S/C6H6BrO4P/c7-5-1-3-6(4-2-5)11-12(8,9)10/h1-4H,(H2,8,9,10). The summed E-state index contributed by atoms with van der Waals surface area (Å²) in [6.45, 7) is 0. The van der Waals surface area contributed by atoms with Crippen LogP contribution in [-0.2, 0) is 4.57 Å². The lowest BCUT2D eigenvalue weighted by molar-refractivity contribution is 0.283. The monoisotopic (exact) mass is 252 g/mol. The van der Waals surface area contributed by atoms with Crippen molar-refractivity contribution in [3.8, 4) is 5.75 Å². The Kier molecular flexibility index (Phi) is 2.90.